The standard InChI is InChI=1S/C40H74N2O8.2BrH/c1-29(2)39(47,31(5)43)37(45)49-27-33-23-35-17-15-21-41(35,25-33)19-13-11-9-7-8-10-12-14-20-42-22-16-18-36(42)24-34(26-42)28-50-38(46)40(48,30(3)4)32(6)44;;/h29-36,43-44,47-48H,7-28H2,1-6H3;2*1H/q+2;;/p-2. The van der Waals surface area contributed by atoms with Crippen molar-refractivity contribution in [3.63, 3.8) is 0 Å². The van der Waals surface area contributed by atoms with Crippen molar-refractivity contribution in [2.45, 2.75) is 167 Å². The van der Waals surface area contributed by atoms with Crippen molar-refractivity contribution in [1.82, 2.24) is 0 Å². The fourth-order valence-corrected chi connectivity index (χ4v) is 10.6. The number of unbranched alkanes of at least 4 members (excludes halogenated alkanes) is 7. The first-order chi connectivity index (χ1) is 23.6. The van der Waals surface area contributed by atoms with Gasteiger partial charge in [0.15, 0.2) is 11.2 Å². The lowest BCUT2D eigenvalue weighted by molar-refractivity contribution is -0.928. The smallest absolute Gasteiger partial charge is 0.341 e. The zero-order valence-corrected chi connectivity index (χ0v) is 36.4. The van der Waals surface area contributed by atoms with Crippen LogP contribution in [0.25, 0.3) is 0 Å². The number of hydrogen-bond acceptors (Lipinski definition) is 8. The Balaban J connectivity index is 0.00000468. The van der Waals surface area contributed by atoms with E-state index in [-0.39, 0.29) is 34.0 Å². The van der Waals surface area contributed by atoms with E-state index in [9.17, 15) is 30.0 Å². The van der Waals surface area contributed by atoms with Gasteiger partial charge in [-0.15, -0.1) is 0 Å². The molecule has 4 fully saturated rings. The van der Waals surface area contributed by atoms with Gasteiger partial charge in [-0.05, 0) is 51.4 Å². The third kappa shape index (κ3) is 10.7. The molecule has 0 saturated carbocycles. The zero-order valence-electron chi connectivity index (χ0n) is 33.2. The monoisotopic (exact) mass is 868 g/mol. The summed E-state index contributed by atoms with van der Waals surface area (Å²) in [6.45, 7) is 17.5. The second-order valence-corrected chi connectivity index (χ2v) is 17.8. The van der Waals surface area contributed by atoms with Crippen LogP contribution in [-0.4, -0.2) is 129 Å². The van der Waals surface area contributed by atoms with Crippen LogP contribution in [-0.2, 0) is 19.1 Å². The molecule has 12 heteroatoms. The van der Waals surface area contributed by atoms with E-state index in [1.54, 1.807) is 27.7 Å². The number of carbonyl (C=O) groups excluding carboxylic acids is 2. The largest absolute Gasteiger partial charge is 1.00 e. The van der Waals surface area contributed by atoms with Crippen molar-refractivity contribution in [3.05, 3.63) is 0 Å². The molecule has 10 nitrogen and oxygen atoms in total. The predicted molar refractivity (Wildman–Crippen MR) is 194 cm³/mol. The zero-order chi connectivity index (χ0) is 36.7. The summed E-state index contributed by atoms with van der Waals surface area (Å²) in [4.78, 5) is 25.5. The molecule has 10 unspecified atom stereocenters. The minimum absolute atomic E-state index is 0. The number of aliphatic hydroxyl groups is 4. The average Bonchev–Trinajstić information content (AvgIpc) is 3.80. The Morgan fingerprint density at radius 2 is 0.942 bits per heavy atom. The van der Waals surface area contributed by atoms with Crippen LogP contribution in [0, 0.1) is 23.7 Å². The molecule has 4 N–H and O–H groups in total. The highest BCUT2D eigenvalue weighted by Crippen LogP contribution is 2.41. The minimum atomic E-state index is -1.86. The summed E-state index contributed by atoms with van der Waals surface area (Å²) in [5.41, 5.74) is -3.72. The Morgan fingerprint density at radius 3 is 1.25 bits per heavy atom. The van der Waals surface area contributed by atoms with Gasteiger partial charge in [0.2, 0.25) is 0 Å². The van der Waals surface area contributed by atoms with Crippen molar-refractivity contribution in [2.24, 2.45) is 23.7 Å². The van der Waals surface area contributed by atoms with E-state index < -0.39 is 47.2 Å². The minimum Gasteiger partial charge on any atom is -1.00 e. The van der Waals surface area contributed by atoms with Crippen LogP contribution >= 0.6 is 0 Å². The van der Waals surface area contributed by atoms with Gasteiger partial charge < -0.3 is 72.8 Å². The molecule has 4 rings (SSSR count). The average molecular weight is 871 g/mol. The first-order valence-corrected chi connectivity index (χ1v) is 20.5. The van der Waals surface area contributed by atoms with Crippen molar-refractivity contribution in [3.8, 4) is 0 Å². The van der Waals surface area contributed by atoms with E-state index in [0.717, 1.165) is 25.9 Å². The molecule has 4 aliphatic heterocycles. The summed E-state index contributed by atoms with van der Waals surface area (Å²) in [5.74, 6) is -1.58. The summed E-state index contributed by atoms with van der Waals surface area (Å²) in [6.07, 6.45) is 15.2. The normalized spacial score (nSPS) is 31.5. The van der Waals surface area contributed by atoms with Gasteiger partial charge in [-0.1, -0.05) is 53.4 Å². The second-order valence-electron chi connectivity index (χ2n) is 17.8. The predicted octanol–water partition coefficient (Wildman–Crippen LogP) is -1.26. The summed E-state index contributed by atoms with van der Waals surface area (Å²) in [6, 6.07) is 1.34. The quantitative estimate of drug-likeness (QED) is 0.0639. The first-order valence-electron chi connectivity index (χ1n) is 20.5. The molecule has 0 aliphatic carbocycles. The third-order valence-corrected chi connectivity index (χ3v) is 13.8. The number of fused-ring (bicyclic) bond motifs is 2. The van der Waals surface area contributed by atoms with Gasteiger partial charge in [-0.3, -0.25) is 0 Å². The Hall–Kier alpha value is -0.340. The van der Waals surface area contributed by atoms with Crippen molar-refractivity contribution >= 4 is 11.9 Å². The maximum absolute atomic E-state index is 12.7. The van der Waals surface area contributed by atoms with Crippen LogP contribution in [0.1, 0.15) is 131 Å². The van der Waals surface area contributed by atoms with Gasteiger partial charge in [0, 0.05) is 50.4 Å². The molecule has 4 aliphatic rings. The molecule has 10 atom stereocenters. The van der Waals surface area contributed by atoms with Crippen molar-refractivity contribution < 1.29 is 82.4 Å². The molecule has 52 heavy (non-hydrogen) atoms. The number of quaternary nitrogens is 2. The van der Waals surface area contributed by atoms with E-state index in [4.69, 9.17) is 9.47 Å². The van der Waals surface area contributed by atoms with E-state index in [2.05, 4.69) is 0 Å². The molecule has 306 valence electrons. The number of aliphatic hydroxyl groups excluding tert-OH is 2. The lowest BCUT2D eigenvalue weighted by Gasteiger charge is -2.35. The van der Waals surface area contributed by atoms with Crippen molar-refractivity contribution in [2.75, 3.05) is 52.5 Å². The Bertz CT molecular complexity index is 1010. The highest BCUT2D eigenvalue weighted by Gasteiger charge is 2.52. The molecule has 0 aromatic carbocycles. The number of ether oxygens (including phenoxy) is 2. The molecule has 0 aromatic rings. The topological polar surface area (TPSA) is 134 Å². The van der Waals surface area contributed by atoms with Gasteiger partial charge in [-0.25, -0.2) is 9.59 Å². The maximum Gasteiger partial charge on any atom is 0.341 e. The van der Waals surface area contributed by atoms with Gasteiger partial charge in [0.1, 0.15) is 0 Å². The Kier molecular flexibility index (Phi) is 19.0. The molecule has 4 heterocycles. The molecular formula is C40H74Br2N2O8. The van der Waals surface area contributed by atoms with E-state index >= 15 is 0 Å². The molecular weight excluding hydrogens is 796 g/mol. The molecule has 0 spiro atoms. The van der Waals surface area contributed by atoms with Crippen molar-refractivity contribution in [1.29, 1.82) is 0 Å². The van der Waals surface area contributed by atoms with Crippen LogP contribution in [0.2, 0.25) is 0 Å². The number of esters is 2. The SMILES string of the molecule is CC(C)C(O)(C(=O)OCC1CC2CCC[N+]2(CCCCCCCCCC[N+]23CCCC2CC(COC(=O)C(O)(C(C)C)C(C)O)C3)C1)C(C)O.[Br-].[Br-]. The van der Waals surface area contributed by atoms with E-state index in [1.807, 2.05) is 0 Å². The van der Waals surface area contributed by atoms with Crippen LogP contribution in [0.3, 0.4) is 0 Å². The fourth-order valence-electron chi connectivity index (χ4n) is 10.6. The lowest BCUT2D eigenvalue weighted by Crippen LogP contribution is -3.00. The second kappa shape index (κ2) is 20.7. The van der Waals surface area contributed by atoms with Crippen LogP contribution in [0.5, 0.6) is 0 Å². The van der Waals surface area contributed by atoms with Crippen LogP contribution < -0.4 is 34.0 Å². The van der Waals surface area contributed by atoms with Gasteiger partial charge >= 0.3 is 11.9 Å². The Morgan fingerprint density at radius 1 is 0.615 bits per heavy atom. The highest BCUT2D eigenvalue weighted by atomic mass is 79.9. The number of halogens is 2. The highest BCUT2D eigenvalue weighted by molar-refractivity contribution is 5.81. The molecule has 4 saturated heterocycles. The van der Waals surface area contributed by atoms with Gasteiger partial charge in [0.05, 0.1) is 76.8 Å². The summed E-state index contributed by atoms with van der Waals surface area (Å²) in [7, 11) is 0. The van der Waals surface area contributed by atoms with E-state index in [1.165, 1.54) is 126 Å². The summed E-state index contributed by atoms with van der Waals surface area (Å²) >= 11 is 0. The molecule has 0 amide bonds. The number of rotatable bonds is 21. The number of hydrogen-bond donors (Lipinski definition) is 4. The first kappa shape index (κ1) is 47.8. The van der Waals surface area contributed by atoms with E-state index in [0.29, 0.717) is 37.1 Å². The number of nitrogens with zero attached hydrogens (tertiary/aromatic N) is 2. The van der Waals surface area contributed by atoms with Crippen LogP contribution in [0.15, 0.2) is 0 Å². The third-order valence-electron chi connectivity index (χ3n) is 13.8. The van der Waals surface area contributed by atoms with Gasteiger partial charge in [0.25, 0.3) is 0 Å². The summed E-state index contributed by atoms with van der Waals surface area (Å²) in [5, 5.41) is 41.7. The van der Waals surface area contributed by atoms with Crippen LogP contribution in [0.4, 0.5) is 0 Å². The fraction of sp³-hybridized carbons (Fsp3) is 0.950. The molecule has 0 bridgehead atoms. The Labute approximate surface area is 336 Å². The maximum atomic E-state index is 12.7. The molecule has 0 radical (unpaired) electrons. The molecule has 0 aromatic heterocycles. The van der Waals surface area contributed by atoms with Gasteiger partial charge in [-0.2, -0.15) is 0 Å². The number of carbonyl (C=O) groups is 2. The lowest BCUT2D eigenvalue weighted by atomic mass is 9.85. The summed E-state index contributed by atoms with van der Waals surface area (Å²) < 4.78 is 13.6.